The minimum atomic E-state index is -0.393. The first kappa shape index (κ1) is 16.5. The van der Waals surface area contributed by atoms with Crippen LogP contribution in [0.1, 0.15) is 24.0 Å². The second-order valence-electron chi connectivity index (χ2n) is 5.28. The highest BCUT2D eigenvalue weighted by molar-refractivity contribution is 5.89. The molecule has 5 heteroatoms. The number of benzene rings is 2. The number of carbonyl (C=O) groups excluding carboxylic acids is 1. The Hall–Kier alpha value is -2.84. The van der Waals surface area contributed by atoms with Crippen LogP contribution in [-0.2, 0) is 0 Å². The minimum Gasteiger partial charge on any atom is -0.394 e. The predicted octanol–water partition coefficient (Wildman–Crippen LogP) is 2.84. The molecular weight excluding hydrogens is 290 g/mol. The molecule has 0 aliphatic heterocycles. The highest BCUT2D eigenvalue weighted by Crippen LogP contribution is 2.19. The van der Waals surface area contributed by atoms with Crippen molar-refractivity contribution in [2.45, 2.75) is 18.9 Å². The molecule has 2 amide bonds. The second kappa shape index (κ2) is 7.97. The number of hydrogen-bond acceptors (Lipinski definition) is 3. The van der Waals surface area contributed by atoms with Crippen molar-refractivity contribution in [3.8, 4) is 6.07 Å². The van der Waals surface area contributed by atoms with E-state index in [1.165, 1.54) is 0 Å². The van der Waals surface area contributed by atoms with Gasteiger partial charge in [0.2, 0.25) is 0 Å². The third-order valence-electron chi connectivity index (χ3n) is 3.71. The lowest BCUT2D eigenvalue weighted by molar-refractivity contribution is 0.215. The van der Waals surface area contributed by atoms with Gasteiger partial charge in [-0.1, -0.05) is 37.3 Å². The van der Waals surface area contributed by atoms with E-state index in [4.69, 9.17) is 5.26 Å². The van der Waals surface area contributed by atoms with E-state index in [0.29, 0.717) is 11.3 Å². The van der Waals surface area contributed by atoms with Gasteiger partial charge in [0.15, 0.2) is 0 Å². The number of hydrogen-bond donors (Lipinski definition) is 3. The van der Waals surface area contributed by atoms with Gasteiger partial charge in [-0.15, -0.1) is 0 Å². The zero-order chi connectivity index (χ0) is 16.7. The maximum atomic E-state index is 12.1. The van der Waals surface area contributed by atoms with Crippen LogP contribution in [-0.4, -0.2) is 23.8 Å². The van der Waals surface area contributed by atoms with E-state index in [9.17, 15) is 9.90 Å². The van der Waals surface area contributed by atoms with Gasteiger partial charge in [-0.05, 0) is 29.8 Å². The van der Waals surface area contributed by atoms with E-state index in [1.54, 1.807) is 24.3 Å². The van der Waals surface area contributed by atoms with E-state index < -0.39 is 12.1 Å². The number of nitriles is 1. The van der Waals surface area contributed by atoms with Crippen LogP contribution in [0.15, 0.2) is 54.6 Å². The van der Waals surface area contributed by atoms with Crippen molar-refractivity contribution in [1.82, 2.24) is 5.32 Å². The van der Waals surface area contributed by atoms with E-state index in [-0.39, 0.29) is 12.5 Å². The van der Waals surface area contributed by atoms with Gasteiger partial charge in [-0.3, -0.25) is 0 Å². The van der Waals surface area contributed by atoms with Crippen LogP contribution in [0.5, 0.6) is 0 Å². The van der Waals surface area contributed by atoms with Crippen LogP contribution in [0, 0.1) is 11.3 Å². The molecule has 0 heterocycles. The number of amides is 2. The summed E-state index contributed by atoms with van der Waals surface area (Å²) in [6.45, 7) is 1.80. The Bertz CT molecular complexity index is 678. The number of nitrogens with one attached hydrogen (secondary N) is 2. The van der Waals surface area contributed by atoms with Crippen molar-refractivity contribution in [2.24, 2.45) is 0 Å². The van der Waals surface area contributed by atoms with E-state index in [0.717, 1.165) is 5.56 Å². The molecule has 0 aliphatic carbocycles. The summed E-state index contributed by atoms with van der Waals surface area (Å²) in [5.74, 6) is -0.0204. The Balaban J connectivity index is 1.98. The van der Waals surface area contributed by atoms with Gasteiger partial charge in [0.05, 0.1) is 24.3 Å². The molecule has 23 heavy (non-hydrogen) atoms. The Kier molecular flexibility index (Phi) is 5.73. The minimum absolute atomic E-state index is 0.0204. The number of carbonyl (C=O) groups is 1. The van der Waals surface area contributed by atoms with E-state index in [1.807, 2.05) is 43.3 Å². The first-order chi connectivity index (χ1) is 11.1. The van der Waals surface area contributed by atoms with Crippen molar-refractivity contribution in [3.63, 3.8) is 0 Å². The zero-order valence-electron chi connectivity index (χ0n) is 12.9. The highest BCUT2D eigenvalue weighted by atomic mass is 16.3. The summed E-state index contributed by atoms with van der Waals surface area (Å²) >= 11 is 0. The average molecular weight is 309 g/mol. The quantitative estimate of drug-likeness (QED) is 0.794. The third-order valence-corrected chi connectivity index (χ3v) is 3.71. The molecule has 0 radical (unpaired) electrons. The lowest BCUT2D eigenvalue weighted by atomic mass is 9.94. The molecule has 0 saturated carbocycles. The Morgan fingerprint density at radius 3 is 2.39 bits per heavy atom. The molecular formula is C18H19N3O2. The number of aliphatic hydroxyl groups is 1. The molecule has 0 saturated heterocycles. The smallest absolute Gasteiger partial charge is 0.319 e. The summed E-state index contributed by atoms with van der Waals surface area (Å²) in [5, 5.41) is 23.8. The summed E-state index contributed by atoms with van der Waals surface area (Å²) in [4.78, 5) is 12.1. The number of rotatable bonds is 5. The normalized spacial score (nSPS) is 12.7. The monoisotopic (exact) mass is 309 g/mol. The lowest BCUT2D eigenvalue weighted by Gasteiger charge is -2.24. The van der Waals surface area contributed by atoms with Gasteiger partial charge < -0.3 is 15.7 Å². The zero-order valence-corrected chi connectivity index (χ0v) is 12.9. The fraction of sp³-hybridized carbons (Fsp3) is 0.222. The molecule has 2 atom stereocenters. The molecule has 0 unspecified atom stereocenters. The maximum Gasteiger partial charge on any atom is 0.319 e. The van der Waals surface area contributed by atoms with Crippen LogP contribution < -0.4 is 10.6 Å². The number of nitrogens with zero attached hydrogens (tertiary/aromatic N) is 1. The van der Waals surface area contributed by atoms with Crippen molar-refractivity contribution < 1.29 is 9.90 Å². The molecule has 5 nitrogen and oxygen atoms in total. The largest absolute Gasteiger partial charge is 0.394 e. The highest BCUT2D eigenvalue weighted by Gasteiger charge is 2.20. The Labute approximate surface area is 135 Å². The van der Waals surface area contributed by atoms with Crippen molar-refractivity contribution >= 4 is 11.7 Å². The number of aliphatic hydroxyl groups excluding tert-OH is 1. The van der Waals surface area contributed by atoms with Gasteiger partial charge in [0, 0.05) is 11.6 Å². The maximum absolute atomic E-state index is 12.1. The SMILES string of the molecule is C[C@H](c1ccccc1)[C@@H](CO)NC(=O)Nc1ccc(C#N)cc1. The van der Waals surface area contributed by atoms with Gasteiger partial charge in [0.1, 0.15) is 0 Å². The molecule has 3 N–H and O–H groups in total. The fourth-order valence-electron chi connectivity index (χ4n) is 2.28. The number of urea groups is 1. The standard InChI is InChI=1S/C18H19N3O2/c1-13(15-5-3-2-4-6-15)17(12-22)21-18(23)20-16-9-7-14(11-19)8-10-16/h2-10,13,17,22H,12H2,1H3,(H2,20,21,23)/t13-,17-/m1/s1. The molecule has 0 aromatic heterocycles. The topological polar surface area (TPSA) is 85.2 Å². The number of anilines is 1. The first-order valence-corrected chi connectivity index (χ1v) is 7.37. The van der Waals surface area contributed by atoms with Gasteiger partial charge in [0.25, 0.3) is 0 Å². The third kappa shape index (κ3) is 4.56. The van der Waals surface area contributed by atoms with Crippen molar-refractivity contribution in [1.29, 1.82) is 5.26 Å². The Morgan fingerprint density at radius 2 is 1.83 bits per heavy atom. The van der Waals surface area contributed by atoms with Crippen LogP contribution in [0.3, 0.4) is 0 Å². The molecule has 118 valence electrons. The van der Waals surface area contributed by atoms with Gasteiger partial charge >= 0.3 is 6.03 Å². The molecule has 0 spiro atoms. The molecule has 0 aliphatic rings. The second-order valence-corrected chi connectivity index (χ2v) is 5.28. The van der Waals surface area contributed by atoms with Crippen LogP contribution in [0.2, 0.25) is 0 Å². The first-order valence-electron chi connectivity index (χ1n) is 7.37. The van der Waals surface area contributed by atoms with E-state index >= 15 is 0 Å². The van der Waals surface area contributed by atoms with E-state index in [2.05, 4.69) is 10.6 Å². The summed E-state index contributed by atoms with van der Waals surface area (Å²) in [5.41, 5.74) is 2.16. The van der Waals surface area contributed by atoms with Crippen molar-refractivity contribution in [3.05, 3.63) is 65.7 Å². The summed E-state index contributed by atoms with van der Waals surface area (Å²) in [6, 6.07) is 17.5. The molecule has 2 aromatic carbocycles. The fourth-order valence-corrected chi connectivity index (χ4v) is 2.28. The van der Waals surface area contributed by atoms with Crippen LogP contribution in [0.25, 0.3) is 0 Å². The van der Waals surface area contributed by atoms with Crippen molar-refractivity contribution in [2.75, 3.05) is 11.9 Å². The van der Waals surface area contributed by atoms with Crippen LogP contribution in [0.4, 0.5) is 10.5 Å². The Morgan fingerprint density at radius 1 is 1.17 bits per heavy atom. The average Bonchev–Trinajstić information content (AvgIpc) is 2.60. The lowest BCUT2D eigenvalue weighted by Crippen LogP contribution is -2.43. The molecule has 2 rings (SSSR count). The van der Waals surface area contributed by atoms with Crippen LogP contribution >= 0.6 is 0 Å². The molecule has 2 aromatic rings. The molecule has 0 bridgehead atoms. The predicted molar refractivity (Wildman–Crippen MR) is 89.0 cm³/mol. The van der Waals surface area contributed by atoms with Gasteiger partial charge in [-0.2, -0.15) is 5.26 Å². The summed E-state index contributed by atoms with van der Waals surface area (Å²) < 4.78 is 0. The molecule has 0 fully saturated rings. The summed E-state index contributed by atoms with van der Waals surface area (Å²) in [7, 11) is 0. The van der Waals surface area contributed by atoms with Gasteiger partial charge in [-0.25, -0.2) is 4.79 Å². The summed E-state index contributed by atoms with van der Waals surface area (Å²) in [6.07, 6.45) is 0.